The van der Waals surface area contributed by atoms with Crippen LogP contribution in [0.1, 0.15) is 6.92 Å². The number of rotatable bonds is 6. The summed E-state index contributed by atoms with van der Waals surface area (Å²) in [6, 6.07) is 8.78. The van der Waals surface area contributed by atoms with Crippen molar-refractivity contribution in [3.63, 3.8) is 0 Å². The summed E-state index contributed by atoms with van der Waals surface area (Å²) >= 11 is 0. The molecule has 0 spiro atoms. The van der Waals surface area contributed by atoms with Gasteiger partial charge in [-0.25, -0.2) is 0 Å². The van der Waals surface area contributed by atoms with Gasteiger partial charge in [0.2, 0.25) is 6.29 Å². The van der Waals surface area contributed by atoms with Crippen molar-refractivity contribution in [1.82, 2.24) is 20.2 Å². The zero-order valence-corrected chi connectivity index (χ0v) is 13.5. The Kier molecular flexibility index (Phi) is 5.43. The van der Waals surface area contributed by atoms with Crippen molar-refractivity contribution in [1.29, 1.82) is 0 Å². The SMILES string of the molecule is CCn1nnnc1O[C@H]1[C@H](O)[C@@H](O)[C@H](Oc2ccccc2)O[C@@H]1CO. The number of para-hydroxylation sites is 1. The lowest BCUT2D eigenvalue weighted by molar-refractivity contribution is -0.273. The molecule has 0 radical (unpaired) electrons. The van der Waals surface area contributed by atoms with Crippen molar-refractivity contribution in [3.8, 4) is 11.8 Å². The van der Waals surface area contributed by atoms with Gasteiger partial charge in [0, 0.05) is 6.54 Å². The van der Waals surface area contributed by atoms with Gasteiger partial charge in [-0.15, -0.1) is 0 Å². The number of tetrazole rings is 1. The third kappa shape index (κ3) is 3.71. The van der Waals surface area contributed by atoms with Gasteiger partial charge in [0.1, 0.15) is 24.1 Å². The molecule has 1 saturated heterocycles. The highest BCUT2D eigenvalue weighted by atomic mass is 16.7. The second kappa shape index (κ2) is 7.74. The Hall–Kier alpha value is -2.27. The monoisotopic (exact) mass is 352 g/mol. The molecule has 0 saturated carbocycles. The number of ether oxygens (including phenoxy) is 3. The van der Waals surface area contributed by atoms with Gasteiger partial charge in [-0.1, -0.05) is 23.3 Å². The normalized spacial score (nSPS) is 29.4. The lowest BCUT2D eigenvalue weighted by atomic mass is 9.99. The van der Waals surface area contributed by atoms with Crippen LogP contribution in [0.5, 0.6) is 11.8 Å². The summed E-state index contributed by atoms with van der Waals surface area (Å²) in [6.07, 6.45) is -5.92. The van der Waals surface area contributed by atoms with Crippen molar-refractivity contribution >= 4 is 0 Å². The van der Waals surface area contributed by atoms with Crippen LogP contribution in [0.15, 0.2) is 30.3 Å². The number of aliphatic hydroxyl groups excluding tert-OH is 3. The van der Waals surface area contributed by atoms with E-state index in [9.17, 15) is 15.3 Å². The summed E-state index contributed by atoms with van der Waals surface area (Å²) in [4.78, 5) is 0. The number of benzene rings is 1. The Bertz CT molecular complexity index is 667. The van der Waals surface area contributed by atoms with Crippen LogP contribution in [0.2, 0.25) is 0 Å². The highest BCUT2D eigenvalue weighted by Crippen LogP contribution is 2.26. The predicted octanol–water partition coefficient (Wildman–Crippen LogP) is -1.04. The lowest BCUT2D eigenvalue weighted by Crippen LogP contribution is -2.62. The van der Waals surface area contributed by atoms with Crippen LogP contribution < -0.4 is 9.47 Å². The average Bonchev–Trinajstić information content (AvgIpc) is 3.09. The summed E-state index contributed by atoms with van der Waals surface area (Å²) in [6.45, 7) is 1.83. The summed E-state index contributed by atoms with van der Waals surface area (Å²) in [7, 11) is 0. The molecule has 3 rings (SSSR count). The number of nitrogens with zero attached hydrogens (tertiary/aromatic N) is 4. The summed E-state index contributed by atoms with van der Waals surface area (Å²) in [5.74, 6) is 0.463. The highest BCUT2D eigenvalue weighted by Gasteiger charge is 2.47. The van der Waals surface area contributed by atoms with E-state index in [0.29, 0.717) is 12.3 Å². The number of aryl methyl sites for hydroxylation is 1. The minimum absolute atomic E-state index is 0.0585. The average molecular weight is 352 g/mol. The molecule has 1 aliphatic heterocycles. The minimum atomic E-state index is -1.39. The second-order valence-electron chi connectivity index (χ2n) is 5.50. The molecule has 1 aromatic heterocycles. The quantitative estimate of drug-likeness (QED) is 0.596. The van der Waals surface area contributed by atoms with Crippen LogP contribution in [0.3, 0.4) is 0 Å². The first-order valence-electron chi connectivity index (χ1n) is 7.91. The molecule has 2 heterocycles. The van der Waals surface area contributed by atoms with E-state index in [-0.39, 0.29) is 6.01 Å². The molecule has 1 fully saturated rings. The molecule has 0 bridgehead atoms. The zero-order valence-electron chi connectivity index (χ0n) is 13.5. The van der Waals surface area contributed by atoms with Crippen LogP contribution in [-0.4, -0.2) is 72.8 Å². The molecule has 136 valence electrons. The standard InChI is InChI=1S/C15H20N4O6/c1-2-19-15(16-17-18-19)25-13-10(8-20)24-14(12(22)11(13)21)23-9-6-4-3-5-7-9/h3-7,10-14,20-22H,2,8H2,1H3/t10-,11-,12-,13-,14-/m1/s1. The first-order chi connectivity index (χ1) is 12.1. The molecular formula is C15H20N4O6. The first kappa shape index (κ1) is 17.5. The Labute approximate surface area is 143 Å². The summed E-state index contributed by atoms with van der Waals surface area (Å²) in [5.41, 5.74) is 0. The van der Waals surface area contributed by atoms with E-state index in [1.807, 2.05) is 13.0 Å². The van der Waals surface area contributed by atoms with E-state index in [2.05, 4.69) is 15.5 Å². The third-order valence-electron chi connectivity index (χ3n) is 3.86. The molecule has 3 N–H and O–H groups in total. The molecule has 0 unspecified atom stereocenters. The Balaban J connectivity index is 1.74. The van der Waals surface area contributed by atoms with Gasteiger partial charge in [-0.05, 0) is 29.5 Å². The number of hydrogen-bond donors (Lipinski definition) is 3. The molecule has 10 nitrogen and oxygen atoms in total. The van der Waals surface area contributed by atoms with Gasteiger partial charge < -0.3 is 29.5 Å². The Morgan fingerprint density at radius 3 is 2.60 bits per heavy atom. The van der Waals surface area contributed by atoms with Gasteiger partial charge in [0.15, 0.2) is 6.10 Å². The molecule has 2 aromatic rings. The molecule has 0 aliphatic carbocycles. The van der Waals surface area contributed by atoms with Gasteiger partial charge in [-0.2, -0.15) is 4.68 Å². The van der Waals surface area contributed by atoms with E-state index in [4.69, 9.17) is 14.2 Å². The van der Waals surface area contributed by atoms with E-state index in [0.717, 1.165) is 0 Å². The van der Waals surface area contributed by atoms with Gasteiger partial charge >= 0.3 is 6.01 Å². The molecule has 1 aromatic carbocycles. The van der Waals surface area contributed by atoms with Gasteiger partial charge in [0.05, 0.1) is 6.61 Å². The Morgan fingerprint density at radius 2 is 1.92 bits per heavy atom. The van der Waals surface area contributed by atoms with E-state index >= 15 is 0 Å². The minimum Gasteiger partial charge on any atom is -0.462 e. The number of aliphatic hydroxyl groups is 3. The fraction of sp³-hybridized carbons (Fsp3) is 0.533. The summed E-state index contributed by atoms with van der Waals surface area (Å²) in [5, 5.41) is 41.3. The predicted molar refractivity (Wildman–Crippen MR) is 82.7 cm³/mol. The van der Waals surface area contributed by atoms with Gasteiger partial charge in [0.25, 0.3) is 0 Å². The molecular weight excluding hydrogens is 332 g/mol. The molecule has 1 aliphatic rings. The topological polar surface area (TPSA) is 132 Å². The zero-order chi connectivity index (χ0) is 17.8. The van der Waals surface area contributed by atoms with Crippen molar-refractivity contribution in [2.24, 2.45) is 0 Å². The van der Waals surface area contributed by atoms with Crippen LogP contribution >= 0.6 is 0 Å². The number of aromatic nitrogens is 4. The van der Waals surface area contributed by atoms with E-state index in [1.165, 1.54) is 4.68 Å². The molecule has 25 heavy (non-hydrogen) atoms. The molecule has 10 heteroatoms. The van der Waals surface area contributed by atoms with Crippen LogP contribution in [0.4, 0.5) is 0 Å². The maximum absolute atomic E-state index is 10.4. The maximum atomic E-state index is 10.4. The third-order valence-corrected chi connectivity index (χ3v) is 3.86. The maximum Gasteiger partial charge on any atom is 0.335 e. The molecule has 5 atom stereocenters. The smallest absolute Gasteiger partial charge is 0.335 e. The van der Waals surface area contributed by atoms with Crippen LogP contribution in [0, 0.1) is 0 Å². The lowest BCUT2D eigenvalue weighted by Gasteiger charge is -2.41. The van der Waals surface area contributed by atoms with E-state index < -0.39 is 37.3 Å². The van der Waals surface area contributed by atoms with Crippen LogP contribution in [-0.2, 0) is 11.3 Å². The fourth-order valence-corrected chi connectivity index (χ4v) is 2.53. The van der Waals surface area contributed by atoms with Crippen molar-refractivity contribution < 1.29 is 29.5 Å². The Morgan fingerprint density at radius 1 is 1.16 bits per heavy atom. The van der Waals surface area contributed by atoms with Crippen LogP contribution in [0.25, 0.3) is 0 Å². The fourth-order valence-electron chi connectivity index (χ4n) is 2.53. The second-order valence-corrected chi connectivity index (χ2v) is 5.50. The molecule has 0 amide bonds. The summed E-state index contributed by atoms with van der Waals surface area (Å²) < 4.78 is 18.1. The number of hydrogen-bond acceptors (Lipinski definition) is 9. The highest BCUT2D eigenvalue weighted by molar-refractivity contribution is 5.21. The van der Waals surface area contributed by atoms with Crippen molar-refractivity contribution in [2.45, 2.75) is 44.2 Å². The first-order valence-corrected chi connectivity index (χ1v) is 7.91. The van der Waals surface area contributed by atoms with Crippen molar-refractivity contribution in [2.75, 3.05) is 6.61 Å². The van der Waals surface area contributed by atoms with Crippen molar-refractivity contribution in [3.05, 3.63) is 30.3 Å². The largest absolute Gasteiger partial charge is 0.462 e. The van der Waals surface area contributed by atoms with Gasteiger partial charge in [-0.3, -0.25) is 0 Å². The van der Waals surface area contributed by atoms with E-state index in [1.54, 1.807) is 24.3 Å².